The highest BCUT2D eigenvalue weighted by Crippen LogP contribution is 2.09. The fraction of sp³-hybridized carbons (Fsp3) is 0. The monoisotopic (exact) mass is 171 g/mol. The van der Waals surface area contributed by atoms with Crippen LogP contribution in [0.2, 0.25) is 0 Å². The third-order valence-corrected chi connectivity index (χ3v) is 0.893. The van der Waals surface area contributed by atoms with Crippen LogP contribution in [0.1, 0.15) is 0 Å². The molecule has 12 heavy (non-hydrogen) atoms. The van der Waals surface area contributed by atoms with Crippen LogP contribution in [0.15, 0.2) is 24.3 Å². The average molecular weight is 171 g/mol. The lowest BCUT2D eigenvalue weighted by molar-refractivity contribution is 0.137. The maximum Gasteiger partial charge on any atom is 0.503 e. The average Bonchev–Trinajstić information content (AvgIpc) is 1.94. The Balaban J connectivity index is 0.000000261. The molecular weight excluding hydrogens is 162 g/mol. The van der Waals surface area contributed by atoms with E-state index in [0.717, 1.165) is 0 Å². The maximum atomic E-state index is 8.70. The van der Waals surface area contributed by atoms with Crippen LogP contribution < -0.4 is 5.73 Å². The Hall–Kier alpha value is -1.91. The number of nitrogen functional groups attached to an aromatic ring is 1. The first-order valence-electron chi connectivity index (χ1n) is 2.98. The van der Waals surface area contributed by atoms with Crippen LogP contribution in [-0.4, -0.2) is 21.5 Å². The van der Waals surface area contributed by atoms with Crippen LogP contribution in [0.25, 0.3) is 0 Å². The summed E-state index contributed by atoms with van der Waals surface area (Å²) in [6.07, 6.45) is -1.83. The summed E-state index contributed by atoms with van der Waals surface area (Å²) in [6.45, 7) is 0. The van der Waals surface area contributed by atoms with Gasteiger partial charge in [0.15, 0.2) is 0 Å². The highest BCUT2D eigenvalue weighted by molar-refractivity contribution is 5.53. The van der Waals surface area contributed by atoms with Gasteiger partial charge in [0.1, 0.15) is 5.75 Å². The fourth-order valence-electron chi connectivity index (χ4n) is 0.474. The zero-order chi connectivity index (χ0) is 9.56. The molecule has 0 saturated carbocycles. The SMILES string of the molecule is Nc1ccc(O)cc1.O=C(O)O. The Morgan fingerprint density at radius 2 is 1.50 bits per heavy atom. The van der Waals surface area contributed by atoms with E-state index in [0.29, 0.717) is 5.69 Å². The lowest BCUT2D eigenvalue weighted by Crippen LogP contribution is -1.81. The number of phenolic OH excluding ortho intramolecular Hbond substituents is 1. The molecule has 0 aliphatic heterocycles. The molecule has 0 fully saturated rings. The van der Waals surface area contributed by atoms with E-state index in [1.807, 2.05) is 0 Å². The molecule has 0 heterocycles. The van der Waals surface area contributed by atoms with Crippen molar-refractivity contribution in [1.82, 2.24) is 0 Å². The van der Waals surface area contributed by atoms with Crippen molar-refractivity contribution in [3.8, 4) is 5.75 Å². The largest absolute Gasteiger partial charge is 0.508 e. The molecule has 0 amide bonds. The van der Waals surface area contributed by atoms with Gasteiger partial charge in [-0.3, -0.25) is 0 Å². The van der Waals surface area contributed by atoms with Gasteiger partial charge in [-0.15, -0.1) is 0 Å². The number of carbonyl (C=O) groups is 1. The summed E-state index contributed by atoms with van der Waals surface area (Å²) in [5, 5.41) is 22.6. The van der Waals surface area contributed by atoms with Gasteiger partial charge >= 0.3 is 6.16 Å². The number of anilines is 1. The van der Waals surface area contributed by atoms with E-state index in [1.165, 1.54) is 0 Å². The van der Waals surface area contributed by atoms with Gasteiger partial charge in [-0.2, -0.15) is 0 Å². The van der Waals surface area contributed by atoms with Gasteiger partial charge in [0.05, 0.1) is 0 Å². The number of carboxylic acid groups (broad SMARTS) is 2. The Morgan fingerprint density at radius 1 is 1.17 bits per heavy atom. The molecule has 0 aromatic heterocycles. The predicted molar refractivity (Wildman–Crippen MR) is 43.2 cm³/mol. The molecule has 0 unspecified atom stereocenters. The lowest BCUT2D eigenvalue weighted by Gasteiger charge is -1.89. The van der Waals surface area contributed by atoms with Gasteiger partial charge in [0.2, 0.25) is 0 Å². The molecule has 5 heteroatoms. The number of phenols is 1. The summed E-state index contributed by atoms with van der Waals surface area (Å²) in [5.41, 5.74) is 5.98. The van der Waals surface area contributed by atoms with E-state index in [-0.39, 0.29) is 5.75 Å². The summed E-state index contributed by atoms with van der Waals surface area (Å²) >= 11 is 0. The van der Waals surface area contributed by atoms with Crippen molar-refractivity contribution in [2.45, 2.75) is 0 Å². The van der Waals surface area contributed by atoms with Crippen molar-refractivity contribution >= 4 is 11.8 Å². The molecule has 1 aromatic rings. The standard InChI is InChI=1S/C6H7NO.CH2O3/c7-5-1-3-6(8)4-2-5;2-1(3)4/h1-4,8H,7H2;(H2,2,3,4). The van der Waals surface area contributed by atoms with Crippen molar-refractivity contribution < 1.29 is 20.1 Å². The first-order chi connectivity index (χ1) is 5.52. The summed E-state index contributed by atoms with van der Waals surface area (Å²) in [6, 6.07) is 6.40. The molecule has 0 atom stereocenters. The van der Waals surface area contributed by atoms with Gasteiger partial charge < -0.3 is 21.1 Å². The Bertz CT molecular complexity index is 219. The molecule has 0 aliphatic rings. The topological polar surface area (TPSA) is 104 Å². The molecule has 66 valence electrons. The van der Waals surface area contributed by atoms with E-state index in [1.54, 1.807) is 24.3 Å². The smallest absolute Gasteiger partial charge is 0.503 e. The molecule has 0 radical (unpaired) electrons. The van der Waals surface area contributed by atoms with Gasteiger partial charge in [-0.1, -0.05) is 0 Å². The lowest BCUT2D eigenvalue weighted by atomic mass is 10.3. The van der Waals surface area contributed by atoms with Crippen molar-refractivity contribution in [2.75, 3.05) is 5.73 Å². The third kappa shape index (κ3) is 6.21. The van der Waals surface area contributed by atoms with E-state index < -0.39 is 6.16 Å². The minimum absolute atomic E-state index is 0.249. The van der Waals surface area contributed by atoms with Crippen LogP contribution in [0.3, 0.4) is 0 Å². The van der Waals surface area contributed by atoms with Crippen LogP contribution in [0.5, 0.6) is 5.75 Å². The van der Waals surface area contributed by atoms with Crippen molar-refractivity contribution in [2.24, 2.45) is 0 Å². The number of hydrogen-bond donors (Lipinski definition) is 4. The zero-order valence-corrected chi connectivity index (χ0v) is 6.14. The van der Waals surface area contributed by atoms with Crippen LogP contribution in [0, 0.1) is 0 Å². The number of hydrogen-bond acceptors (Lipinski definition) is 3. The summed E-state index contributed by atoms with van der Waals surface area (Å²) in [5.74, 6) is 0.249. The van der Waals surface area contributed by atoms with Crippen LogP contribution >= 0.6 is 0 Å². The minimum Gasteiger partial charge on any atom is -0.508 e. The number of benzene rings is 1. The molecule has 1 rings (SSSR count). The third-order valence-electron chi connectivity index (χ3n) is 0.893. The predicted octanol–water partition coefficient (Wildman–Crippen LogP) is 1.20. The van der Waals surface area contributed by atoms with E-state index in [4.69, 9.17) is 25.8 Å². The summed E-state index contributed by atoms with van der Waals surface area (Å²) in [4.78, 5) is 8.56. The zero-order valence-electron chi connectivity index (χ0n) is 6.14. The van der Waals surface area contributed by atoms with E-state index >= 15 is 0 Å². The van der Waals surface area contributed by atoms with Crippen LogP contribution in [0.4, 0.5) is 10.5 Å². The Kier molecular flexibility index (Phi) is 4.07. The molecule has 5 nitrogen and oxygen atoms in total. The second-order valence-electron chi connectivity index (χ2n) is 1.87. The highest BCUT2D eigenvalue weighted by atomic mass is 16.6. The molecule has 5 N–H and O–H groups in total. The first-order valence-corrected chi connectivity index (χ1v) is 2.98. The quantitative estimate of drug-likeness (QED) is 0.347. The number of aromatic hydroxyl groups is 1. The van der Waals surface area contributed by atoms with Crippen LogP contribution in [-0.2, 0) is 0 Å². The summed E-state index contributed by atoms with van der Waals surface area (Å²) in [7, 11) is 0. The van der Waals surface area contributed by atoms with Gasteiger partial charge in [0, 0.05) is 5.69 Å². The normalized spacial score (nSPS) is 8.00. The molecule has 0 bridgehead atoms. The van der Waals surface area contributed by atoms with E-state index in [2.05, 4.69) is 0 Å². The Labute approximate surface area is 68.7 Å². The number of nitrogens with two attached hydrogens (primary N) is 1. The second kappa shape index (κ2) is 4.84. The molecule has 0 aliphatic carbocycles. The van der Waals surface area contributed by atoms with Crippen molar-refractivity contribution in [1.29, 1.82) is 0 Å². The fourth-order valence-corrected chi connectivity index (χ4v) is 0.474. The minimum atomic E-state index is -1.83. The first kappa shape index (κ1) is 10.1. The molecule has 0 spiro atoms. The second-order valence-corrected chi connectivity index (χ2v) is 1.87. The summed E-state index contributed by atoms with van der Waals surface area (Å²) < 4.78 is 0. The molecule has 0 saturated heterocycles. The van der Waals surface area contributed by atoms with E-state index in [9.17, 15) is 0 Å². The number of rotatable bonds is 0. The van der Waals surface area contributed by atoms with Crippen molar-refractivity contribution in [3.05, 3.63) is 24.3 Å². The van der Waals surface area contributed by atoms with Gasteiger partial charge in [0.25, 0.3) is 0 Å². The highest BCUT2D eigenvalue weighted by Gasteiger charge is 1.82. The maximum absolute atomic E-state index is 8.70. The molecular formula is C7H9NO4. The van der Waals surface area contributed by atoms with Crippen molar-refractivity contribution in [3.63, 3.8) is 0 Å². The van der Waals surface area contributed by atoms with Gasteiger partial charge in [-0.05, 0) is 24.3 Å². The molecule has 1 aromatic carbocycles. The van der Waals surface area contributed by atoms with Gasteiger partial charge in [-0.25, -0.2) is 4.79 Å². The Morgan fingerprint density at radius 3 is 1.75 bits per heavy atom.